The van der Waals surface area contributed by atoms with Crippen molar-refractivity contribution in [1.82, 2.24) is 10.0 Å². The molecule has 168 valence electrons. The van der Waals surface area contributed by atoms with E-state index < -0.39 is 12.1 Å². The van der Waals surface area contributed by atoms with Crippen LogP contribution in [0.3, 0.4) is 0 Å². The first-order chi connectivity index (χ1) is 15.4. The van der Waals surface area contributed by atoms with Crippen molar-refractivity contribution in [2.45, 2.75) is 52.9 Å². The summed E-state index contributed by atoms with van der Waals surface area (Å²) in [5.41, 5.74) is 4.93. The molecule has 0 saturated carbocycles. The summed E-state index contributed by atoms with van der Waals surface area (Å²) in [7, 11) is 0. The van der Waals surface area contributed by atoms with Crippen LogP contribution in [0.25, 0.3) is 11.5 Å². The molecule has 1 aliphatic rings. The van der Waals surface area contributed by atoms with Crippen molar-refractivity contribution in [3.8, 4) is 17.2 Å². The molecule has 1 saturated heterocycles. The number of hydrogen-bond donors (Lipinski definition) is 1. The average molecular weight is 437 g/mol. The highest BCUT2D eigenvalue weighted by Gasteiger charge is 2.37. The molecule has 0 aliphatic carbocycles. The zero-order chi connectivity index (χ0) is 22.8. The molecule has 1 aromatic heterocycles. The zero-order valence-electron chi connectivity index (χ0n) is 18.8. The van der Waals surface area contributed by atoms with Crippen molar-refractivity contribution < 1.29 is 23.9 Å². The number of aromatic nitrogens is 1. The van der Waals surface area contributed by atoms with Crippen LogP contribution in [-0.4, -0.2) is 33.8 Å². The number of oxazole rings is 1. The van der Waals surface area contributed by atoms with E-state index in [1.165, 1.54) is 5.56 Å². The number of aliphatic carboxylic acids is 1. The Morgan fingerprint density at radius 3 is 2.62 bits per heavy atom. The first-order valence-corrected chi connectivity index (χ1v) is 10.8. The van der Waals surface area contributed by atoms with Crippen molar-refractivity contribution in [2.24, 2.45) is 0 Å². The van der Waals surface area contributed by atoms with Gasteiger partial charge in [-0.3, -0.25) is 4.84 Å². The Morgan fingerprint density at radius 1 is 1.22 bits per heavy atom. The largest absolute Gasteiger partial charge is 0.479 e. The highest BCUT2D eigenvalue weighted by Crippen LogP contribution is 2.37. The molecule has 3 unspecified atom stereocenters. The molecule has 7 nitrogen and oxygen atoms in total. The first kappa shape index (κ1) is 22.0. The SMILES string of the molecule is CCC(Oc1ccc(C2CN2OCc2nc(-c3ccc(C)cc3)oc2C)cc1C)C(=O)O. The molecule has 0 bridgehead atoms. The number of hydrogen-bond acceptors (Lipinski definition) is 6. The second kappa shape index (κ2) is 9.14. The van der Waals surface area contributed by atoms with Crippen molar-refractivity contribution >= 4 is 5.97 Å². The van der Waals surface area contributed by atoms with Gasteiger partial charge in [0.15, 0.2) is 6.10 Å². The monoisotopic (exact) mass is 436 g/mol. The maximum absolute atomic E-state index is 11.2. The topological polar surface area (TPSA) is 84.8 Å². The fourth-order valence-corrected chi connectivity index (χ4v) is 3.54. The Balaban J connectivity index is 1.35. The van der Waals surface area contributed by atoms with Gasteiger partial charge in [0.1, 0.15) is 23.8 Å². The lowest BCUT2D eigenvalue weighted by molar-refractivity contribution is -0.145. The summed E-state index contributed by atoms with van der Waals surface area (Å²) >= 11 is 0. The number of hydroxylamine groups is 2. The molecule has 4 rings (SSSR count). The van der Waals surface area contributed by atoms with Gasteiger partial charge in [0.05, 0.1) is 6.04 Å². The van der Waals surface area contributed by atoms with Crippen molar-refractivity contribution in [1.29, 1.82) is 0 Å². The van der Waals surface area contributed by atoms with E-state index in [4.69, 9.17) is 14.0 Å². The second-order valence-electron chi connectivity index (χ2n) is 8.15. The van der Waals surface area contributed by atoms with Crippen molar-refractivity contribution in [3.63, 3.8) is 0 Å². The van der Waals surface area contributed by atoms with Crippen molar-refractivity contribution in [2.75, 3.05) is 6.54 Å². The van der Waals surface area contributed by atoms with E-state index in [0.29, 0.717) is 24.7 Å². The summed E-state index contributed by atoms with van der Waals surface area (Å²) in [5, 5.41) is 11.1. The van der Waals surface area contributed by atoms with Crippen LogP contribution >= 0.6 is 0 Å². The van der Waals surface area contributed by atoms with Gasteiger partial charge >= 0.3 is 5.97 Å². The van der Waals surface area contributed by atoms with Crippen LogP contribution in [0.4, 0.5) is 0 Å². The molecule has 0 radical (unpaired) electrons. The molecule has 2 heterocycles. The molecule has 1 fully saturated rings. The molecule has 0 amide bonds. The smallest absolute Gasteiger partial charge is 0.344 e. The Labute approximate surface area is 187 Å². The number of ether oxygens (including phenoxy) is 1. The third-order valence-electron chi connectivity index (χ3n) is 5.62. The molecule has 0 spiro atoms. The first-order valence-electron chi connectivity index (χ1n) is 10.8. The molecule has 7 heteroatoms. The molecule has 32 heavy (non-hydrogen) atoms. The Bertz CT molecular complexity index is 1110. The van der Waals surface area contributed by atoms with E-state index in [1.54, 1.807) is 6.92 Å². The molecule has 3 aromatic rings. The third kappa shape index (κ3) is 4.84. The van der Waals surface area contributed by atoms with Gasteiger partial charge in [0, 0.05) is 12.1 Å². The number of carboxylic acids is 1. The van der Waals surface area contributed by atoms with Gasteiger partial charge in [-0.15, -0.1) is 0 Å². The van der Waals surface area contributed by atoms with Crippen LogP contribution in [-0.2, 0) is 16.2 Å². The van der Waals surface area contributed by atoms with Crippen LogP contribution in [0, 0.1) is 20.8 Å². The average Bonchev–Trinajstić information content (AvgIpc) is 3.45. The number of rotatable bonds is 9. The molecule has 3 atom stereocenters. The lowest BCUT2D eigenvalue weighted by Crippen LogP contribution is -2.26. The minimum absolute atomic E-state index is 0.160. The molecule has 1 N–H and O–H groups in total. The standard InChI is InChI=1S/C25H28N2O5/c1-5-22(25(28)29)32-23-11-10-19(12-16(23)3)21-13-27(21)30-14-20-17(4)31-24(26-20)18-8-6-15(2)7-9-18/h6-12,21-22H,5,13-14H2,1-4H3,(H,28,29). The molecule has 1 aliphatic heterocycles. The minimum atomic E-state index is -0.952. The quantitative estimate of drug-likeness (QED) is 0.473. The summed E-state index contributed by atoms with van der Waals surface area (Å²) in [4.78, 5) is 21.8. The van der Waals surface area contributed by atoms with Gasteiger partial charge in [-0.25, -0.2) is 9.78 Å². The number of benzene rings is 2. The van der Waals surface area contributed by atoms with E-state index in [2.05, 4.69) is 4.98 Å². The molecular weight excluding hydrogens is 408 g/mol. The Morgan fingerprint density at radius 2 is 1.97 bits per heavy atom. The fourth-order valence-electron chi connectivity index (χ4n) is 3.54. The van der Waals surface area contributed by atoms with E-state index in [0.717, 1.165) is 34.7 Å². The summed E-state index contributed by atoms with van der Waals surface area (Å²) in [6.07, 6.45) is -0.427. The predicted octanol–water partition coefficient (Wildman–Crippen LogP) is 5.00. The van der Waals surface area contributed by atoms with Gasteiger partial charge in [-0.2, -0.15) is 5.06 Å². The number of nitrogens with zero attached hydrogens (tertiary/aromatic N) is 2. The van der Waals surface area contributed by atoms with Crippen LogP contribution in [0.15, 0.2) is 46.9 Å². The van der Waals surface area contributed by atoms with E-state index in [9.17, 15) is 9.90 Å². The lowest BCUT2D eigenvalue weighted by Gasteiger charge is -2.15. The number of aryl methyl sites for hydroxylation is 3. The predicted molar refractivity (Wildman–Crippen MR) is 119 cm³/mol. The van der Waals surface area contributed by atoms with Crippen LogP contribution < -0.4 is 4.74 Å². The van der Waals surface area contributed by atoms with Gasteiger partial charge in [0.25, 0.3) is 0 Å². The maximum atomic E-state index is 11.2. The Hall–Kier alpha value is -3.16. The van der Waals surface area contributed by atoms with Gasteiger partial charge in [-0.05, 0) is 56.5 Å². The zero-order valence-corrected chi connectivity index (χ0v) is 18.8. The molecule has 2 aromatic carbocycles. The van der Waals surface area contributed by atoms with Crippen LogP contribution in [0.1, 0.15) is 47.5 Å². The summed E-state index contributed by atoms with van der Waals surface area (Å²) in [5.74, 6) is 0.992. The highest BCUT2D eigenvalue weighted by molar-refractivity contribution is 5.72. The molecular formula is C25H28N2O5. The van der Waals surface area contributed by atoms with E-state index in [-0.39, 0.29) is 6.04 Å². The maximum Gasteiger partial charge on any atom is 0.344 e. The highest BCUT2D eigenvalue weighted by atomic mass is 16.7. The van der Waals surface area contributed by atoms with Crippen LogP contribution in [0.5, 0.6) is 5.75 Å². The summed E-state index contributed by atoms with van der Waals surface area (Å²) in [6, 6.07) is 14.1. The van der Waals surface area contributed by atoms with E-state index >= 15 is 0 Å². The fraction of sp³-hybridized carbons (Fsp3) is 0.360. The summed E-state index contributed by atoms with van der Waals surface area (Å²) < 4.78 is 11.5. The normalized spacial score (nSPS) is 18.4. The Kier molecular flexibility index (Phi) is 6.30. The van der Waals surface area contributed by atoms with E-state index in [1.807, 2.05) is 68.3 Å². The number of carbonyl (C=O) groups is 1. The number of carboxylic acid groups (broad SMARTS) is 1. The van der Waals surface area contributed by atoms with Gasteiger partial charge < -0.3 is 14.3 Å². The van der Waals surface area contributed by atoms with Crippen LogP contribution in [0.2, 0.25) is 0 Å². The minimum Gasteiger partial charge on any atom is -0.479 e. The van der Waals surface area contributed by atoms with Gasteiger partial charge in [-0.1, -0.05) is 36.8 Å². The summed E-state index contributed by atoms with van der Waals surface area (Å²) in [6.45, 7) is 8.79. The lowest BCUT2D eigenvalue weighted by atomic mass is 10.1. The van der Waals surface area contributed by atoms with Gasteiger partial charge in [0.2, 0.25) is 5.89 Å². The third-order valence-corrected chi connectivity index (χ3v) is 5.62. The second-order valence-corrected chi connectivity index (χ2v) is 8.15. The van der Waals surface area contributed by atoms with Crippen molar-refractivity contribution in [3.05, 3.63) is 70.6 Å².